The van der Waals surface area contributed by atoms with Crippen LogP contribution in [0.25, 0.3) is 55.7 Å². The molecular weight excluding hydrogens is 799 g/mol. The van der Waals surface area contributed by atoms with Crippen molar-refractivity contribution in [3.63, 3.8) is 0 Å². The van der Waals surface area contributed by atoms with Crippen LogP contribution in [0, 0.1) is 20.8 Å². The van der Waals surface area contributed by atoms with Crippen molar-refractivity contribution >= 4 is 38.9 Å². The number of pyridine rings is 2. The Bertz CT molecular complexity index is 3500. The zero-order valence-corrected chi connectivity index (χ0v) is 37.9. The Balaban J connectivity index is 1.08. The number of benzene rings is 4. The fourth-order valence-electron chi connectivity index (χ4n) is 9.85. The molecule has 6 heterocycles. The topological polar surface area (TPSA) is 118 Å². The van der Waals surface area contributed by atoms with Crippen LogP contribution in [-0.4, -0.2) is 55.9 Å². The van der Waals surface area contributed by atoms with Crippen molar-refractivity contribution in [3.05, 3.63) is 169 Å². The number of imidazole rings is 2. The molecule has 0 saturated heterocycles. The minimum atomic E-state index is -0.496. The van der Waals surface area contributed by atoms with Gasteiger partial charge < -0.3 is 23.2 Å². The number of rotatable bonds is 8. The van der Waals surface area contributed by atoms with Crippen LogP contribution in [0.4, 0.5) is 0 Å². The van der Waals surface area contributed by atoms with Crippen LogP contribution in [0.15, 0.2) is 113 Å². The molecule has 10 rings (SSSR count). The number of fused-ring (bicyclic) bond motifs is 4. The number of amides is 1. The van der Waals surface area contributed by atoms with E-state index in [9.17, 15) is 14.4 Å². The van der Waals surface area contributed by atoms with Crippen molar-refractivity contribution in [3.8, 4) is 22.8 Å². The lowest BCUT2D eigenvalue weighted by molar-refractivity contribution is 0.0691. The summed E-state index contributed by atoms with van der Waals surface area (Å²) in [5.41, 5.74) is 12.3. The highest BCUT2D eigenvalue weighted by Gasteiger charge is 2.41. The van der Waals surface area contributed by atoms with Gasteiger partial charge in [-0.3, -0.25) is 19.1 Å². The predicted octanol–water partition coefficient (Wildman–Crippen LogP) is 8.98. The van der Waals surface area contributed by atoms with E-state index in [-0.39, 0.29) is 29.1 Å². The van der Waals surface area contributed by atoms with E-state index in [0.29, 0.717) is 29.1 Å². The van der Waals surface area contributed by atoms with Gasteiger partial charge in [-0.2, -0.15) is 5.10 Å². The maximum Gasteiger partial charge on any atom is 0.254 e. The third-order valence-corrected chi connectivity index (χ3v) is 13.7. The Hall–Kier alpha value is -7.34. The van der Waals surface area contributed by atoms with E-state index in [0.717, 1.165) is 77.9 Å². The number of carbonyl (C=O) groups excluding carboxylic acids is 1. The summed E-state index contributed by atoms with van der Waals surface area (Å²) in [7, 11) is 5.56. The molecule has 322 valence electrons. The van der Waals surface area contributed by atoms with E-state index in [1.807, 2.05) is 94.4 Å². The molecule has 64 heavy (non-hydrogen) atoms. The van der Waals surface area contributed by atoms with Crippen LogP contribution in [0.1, 0.15) is 89.2 Å². The van der Waals surface area contributed by atoms with Crippen molar-refractivity contribution < 1.29 is 4.79 Å². The molecule has 0 fully saturated rings. The van der Waals surface area contributed by atoms with E-state index >= 15 is 0 Å². The first kappa shape index (κ1) is 40.7. The van der Waals surface area contributed by atoms with Gasteiger partial charge in [0.1, 0.15) is 11.6 Å². The number of nitrogens with zero attached hydrogens (tertiary/aromatic N) is 9. The van der Waals surface area contributed by atoms with Gasteiger partial charge in [0.05, 0.1) is 57.4 Å². The second kappa shape index (κ2) is 14.6. The number of hydrogen-bond donors (Lipinski definition) is 0. The molecule has 12 heteroatoms. The highest BCUT2D eigenvalue weighted by atomic mass is 16.2. The second-order valence-corrected chi connectivity index (χ2v) is 18.2. The van der Waals surface area contributed by atoms with Crippen LogP contribution in [0.2, 0.25) is 0 Å². The predicted molar refractivity (Wildman–Crippen MR) is 253 cm³/mol. The van der Waals surface area contributed by atoms with E-state index in [2.05, 4.69) is 90.5 Å². The van der Waals surface area contributed by atoms with Crippen LogP contribution in [-0.2, 0) is 26.2 Å². The zero-order chi connectivity index (χ0) is 45.1. The number of carbonyl (C=O) groups is 1. The number of aryl methyl sites for hydroxylation is 5. The Labute approximate surface area is 370 Å². The summed E-state index contributed by atoms with van der Waals surface area (Å²) >= 11 is 0. The van der Waals surface area contributed by atoms with Crippen molar-refractivity contribution in [1.29, 1.82) is 0 Å². The van der Waals surface area contributed by atoms with Crippen LogP contribution >= 0.6 is 0 Å². The third-order valence-electron chi connectivity index (χ3n) is 13.7. The van der Waals surface area contributed by atoms with Crippen LogP contribution in [0.3, 0.4) is 0 Å². The first-order valence-corrected chi connectivity index (χ1v) is 21.7. The quantitative estimate of drug-likeness (QED) is 0.151. The summed E-state index contributed by atoms with van der Waals surface area (Å²) < 4.78 is 9.74. The van der Waals surface area contributed by atoms with Crippen molar-refractivity contribution in [2.45, 2.75) is 72.6 Å². The van der Waals surface area contributed by atoms with E-state index in [1.54, 1.807) is 21.1 Å². The van der Waals surface area contributed by atoms with Gasteiger partial charge in [-0.1, -0.05) is 54.6 Å². The summed E-state index contributed by atoms with van der Waals surface area (Å²) in [4.78, 5) is 52.8. The SMILES string of the molecule is Cc1cc(-c2nc3cc4c(cc3n2[C@@H](C)c2cccc(Cn3cc(-c5nc6cc7c(C)nn(C)c7cc6n5[C@@H](C)c5ccccc5)cc(C)c3=O)c2)C(=O)N(C)C4(C)C)cn(C)c1=O. The minimum Gasteiger partial charge on any atom is -0.332 e. The highest BCUT2D eigenvalue weighted by Crippen LogP contribution is 2.42. The summed E-state index contributed by atoms with van der Waals surface area (Å²) in [6, 6.07) is 30.6. The lowest BCUT2D eigenvalue weighted by Crippen LogP contribution is -2.35. The average Bonchev–Trinajstić information content (AvgIpc) is 3.98. The van der Waals surface area contributed by atoms with Gasteiger partial charge in [-0.05, 0) is 107 Å². The highest BCUT2D eigenvalue weighted by molar-refractivity contribution is 6.03. The maximum atomic E-state index is 14.0. The van der Waals surface area contributed by atoms with Crippen molar-refractivity contribution in [1.82, 2.24) is 42.9 Å². The molecule has 4 aromatic carbocycles. The molecule has 1 aliphatic heterocycles. The number of aromatic nitrogens is 8. The Morgan fingerprint density at radius 2 is 1.25 bits per heavy atom. The van der Waals surface area contributed by atoms with Gasteiger partial charge >= 0.3 is 0 Å². The molecule has 9 aromatic rings. The van der Waals surface area contributed by atoms with E-state index in [4.69, 9.17) is 9.97 Å². The van der Waals surface area contributed by atoms with Gasteiger partial charge in [0.2, 0.25) is 0 Å². The largest absolute Gasteiger partial charge is 0.332 e. The maximum absolute atomic E-state index is 14.0. The van der Waals surface area contributed by atoms with Crippen LogP contribution < -0.4 is 11.1 Å². The summed E-state index contributed by atoms with van der Waals surface area (Å²) in [5.74, 6) is 1.44. The molecule has 0 aliphatic carbocycles. The van der Waals surface area contributed by atoms with Gasteiger partial charge in [0, 0.05) is 66.7 Å². The van der Waals surface area contributed by atoms with E-state index in [1.165, 1.54) is 0 Å². The second-order valence-electron chi connectivity index (χ2n) is 18.2. The van der Waals surface area contributed by atoms with Gasteiger partial charge in [0.25, 0.3) is 17.0 Å². The van der Waals surface area contributed by atoms with Crippen LogP contribution in [0.5, 0.6) is 0 Å². The molecule has 2 atom stereocenters. The lowest BCUT2D eigenvalue weighted by Gasteiger charge is -2.28. The van der Waals surface area contributed by atoms with Crippen molar-refractivity contribution in [2.24, 2.45) is 14.1 Å². The average molecular weight is 850 g/mol. The monoisotopic (exact) mass is 849 g/mol. The van der Waals surface area contributed by atoms with Gasteiger partial charge in [-0.25, -0.2) is 9.97 Å². The van der Waals surface area contributed by atoms with Gasteiger partial charge in [-0.15, -0.1) is 0 Å². The molecular formula is C52H51N9O3. The molecule has 0 bridgehead atoms. The Morgan fingerprint density at radius 1 is 0.641 bits per heavy atom. The molecule has 12 nitrogen and oxygen atoms in total. The third kappa shape index (κ3) is 6.25. The number of hydrogen-bond acceptors (Lipinski definition) is 6. The molecule has 0 unspecified atom stereocenters. The standard InChI is InChI=1S/C52H51N9O3/c1-29-19-37(27-56(8)49(29)62)47-54-43-24-41-40(51(64)57(9)52(41,6)7)23-45(43)61(47)33(5)36-18-14-15-34(21-36)26-59-28-38(20-30(2)50(59)63)48-53-42-22-39-31(3)55-58(10)44(39)25-46(42)60(48)32(4)35-16-12-11-13-17-35/h11-25,27-28,32-33H,26H2,1-10H3/t32-,33-/m0/s1. The minimum absolute atomic E-state index is 0.0299. The molecule has 5 aromatic heterocycles. The molecule has 0 N–H and O–H groups in total. The normalized spacial score (nSPS) is 14.6. The Morgan fingerprint density at radius 3 is 1.94 bits per heavy atom. The smallest absolute Gasteiger partial charge is 0.254 e. The lowest BCUT2D eigenvalue weighted by atomic mass is 9.93. The molecule has 1 amide bonds. The van der Waals surface area contributed by atoms with E-state index < -0.39 is 5.54 Å². The Kier molecular flexibility index (Phi) is 9.30. The zero-order valence-electron chi connectivity index (χ0n) is 37.9. The molecule has 1 aliphatic rings. The summed E-state index contributed by atoms with van der Waals surface area (Å²) in [5, 5.41) is 5.74. The molecule has 0 spiro atoms. The van der Waals surface area contributed by atoms with Gasteiger partial charge in [0.15, 0.2) is 0 Å². The fourth-order valence-corrected chi connectivity index (χ4v) is 9.85. The first-order valence-electron chi connectivity index (χ1n) is 21.7. The molecule has 0 radical (unpaired) electrons. The summed E-state index contributed by atoms with van der Waals surface area (Å²) in [6.07, 6.45) is 3.76. The molecule has 0 saturated carbocycles. The fraction of sp³-hybridized carbons (Fsp3) is 0.269. The summed E-state index contributed by atoms with van der Waals surface area (Å²) in [6.45, 7) is 14.4. The van der Waals surface area contributed by atoms with Crippen molar-refractivity contribution in [2.75, 3.05) is 7.05 Å². The first-order chi connectivity index (χ1) is 30.5.